The van der Waals surface area contributed by atoms with Crippen LogP contribution in [-0.2, 0) is 6.54 Å². The normalized spacial score (nSPS) is 22.2. The number of benzene rings is 1. The molecule has 1 atom stereocenters. The number of ether oxygens (including phenoxy) is 1. The number of aliphatic hydroxyl groups is 1. The Morgan fingerprint density at radius 3 is 2.91 bits per heavy atom. The van der Waals surface area contributed by atoms with Crippen molar-refractivity contribution in [2.24, 2.45) is 0 Å². The number of nitrogens with one attached hydrogen (secondary N) is 1. The third-order valence-electron chi connectivity index (χ3n) is 4.57. The summed E-state index contributed by atoms with van der Waals surface area (Å²) < 4.78 is 5.87. The lowest BCUT2D eigenvalue weighted by molar-refractivity contribution is -0.0623. The predicted molar refractivity (Wildman–Crippen MR) is 89.5 cm³/mol. The molecule has 1 unspecified atom stereocenters. The Kier molecular flexibility index (Phi) is 4.68. The molecule has 1 aromatic carbocycles. The van der Waals surface area contributed by atoms with Crippen LogP contribution in [0.25, 0.3) is 0 Å². The molecule has 0 aliphatic carbocycles. The van der Waals surface area contributed by atoms with Crippen molar-refractivity contribution in [3.63, 3.8) is 0 Å². The molecule has 1 fully saturated rings. The van der Waals surface area contributed by atoms with Gasteiger partial charge in [0.25, 0.3) is 0 Å². The zero-order chi connectivity index (χ0) is 16.3. The van der Waals surface area contributed by atoms with Crippen LogP contribution in [0.2, 0.25) is 0 Å². The average Bonchev–Trinajstić information content (AvgIpc) is 3.02. The highest BCUT2D eigenvalue weighted by Gasteiger charge is 2.34. The van der Waals surface area contributed by atoms with Crippen LogP contribution in [0.15, 0.2) is 30.5 Å². The van der Waals surface area contributed by atoms with E-state index >= 15 is 0 Å². The number of aromatic nitrogens is 2. The van der Waals surface area contributed by atoms with E-state index in [0.29, 0.717) is 13.2 Å². The van der Waals surface area contributed by atoms with Crippen LogP contribution >= 0.6 is 0 Å². The molecule has 2 aromatic rings. The van der Waals surface area contributed by atoms with Crippen LogP contribution < -0.4 is 4.74 Å². The molecule has 5 heteroatoms. The standard InChI is InChI=1S/C18H25N3O2/c1-14-4-5-17(10-15(14)2)23-13-18(22)7-3-9-21(12-18)11-16-6-8-19-20-16/h4-6,8,10,22H,3,7,9,11-13H2,1-2H3,(H,19,20). The van der Waals surface area contributed by atoms with Crippen LogP contribution in [0, 0.1) is 13.8 Å². The Bertz CT molecular complexity index is 642. The molecule has 5 nitrogen and oxygen atoms in total. The van der Waals surface area contributed by atoms with E-state index in [2.05, 4.69) is 35.0 Å². The van der Waals surface area contributed by atoms with Gasteiger partial charge in [-0.1, -0.05) is 6.07 Å². The maximum atomic E-state index is 10.9. The Balaban J connectivity index is 1.58. The van der Waals surface area contributed by atoms with E-state index in [9.17, 15) is 5.11 Å². The van der Waals surface area contributed by atoms with E-state index in [-0.39, 0.29) is 0 Å². The SMILES string of the molecule is Cc1ccc(OCC2(O)CCCN(Cc3ccn[nH]3)C2)cc1C. The molecule has 2 N–H and O–H groups in total. The highest BCUT2D eigenvalue weighted by Crippen LogP contribution is 2.24. The lowest BCUT2D eigenvalue weighted by Crippen LogP contribution is -2.51. The van der Waals surface area contributed by atoms with Gasteiger partial charge in [-0.15, -0.1) is 0 Å². The number of aryl methyl sites for hydroxylation is 2. The van der Waals surface area contributed by atoms with Gasteiger partial charge in [0.2, 0.25) is 0 Å². The highest BCUT2D eigenvalue weighted by molar-refractivity contribution is 5.33. The summed E-state index contributed by atoms with van der Waals surface area (Å²) in [7, 11) is 0. The van der Waals surface area contributed by atoms with Gasteiger partial charge < -0.3 is 9.84 Å². The highest BCUT2D eigenvalue weighted by atomic mass is 16.5. The van der Waals surface area contributed by atoms with Crippen molar-refractivity contribution in [2.45, 2.75) is 38.8 Å². The molecule has 0 radical (unpaired) electrons. The molecule has 1 aliphatic rings. The Labute approximate surface area is 137 Å². The number of piperidine rings is 1. The Morgan fingerprint density at radius 2 is 2.17 bits per heavy atom. The number of nitrogens with zero attached hydrogens (tertiary/aromatic N) is 2. The van der Waals surface area contributed by atoms with E-state index < -0.39 is 5.60 Å². The molecule has 1 aromatic heterocycles. The number of hydrogen-bond acceptors (Lipinski definition) is 4. The van der Waals surface area contributed by atoms with Crippen LogP contribution in [-0.4, -0.2) is 45.5 Å². The largest absolute Gasteiger partial charge is 0.491 e. The van der Waals surface area contributed by atoms with Crippen molar-refractivity contribution >= 4 is 0 Å². The molecule has 0 bridgehead atoms. The lowest BCUT2D eigenvalue weighted by Gasteiger charge is -2.38. The minimum absolute atomic E-state index is 0.328. The van der Waals surface area contributed by atoms with Gasteiger partial charge in [-0.3, -0.25) is 10.00 Å². The predicted octanol–water partition coefficient (Wildman–Crippen LogP) is 2.43. The summed E-state index contributed by atoms with van der Waals surface area (Å²) in [6.45, 7) is 6.88. The van der Waals surface area contributed by atoms with Gasteiger partial charge in [0.1, 0.15) is 18.0 Å². The Hall–Kier alpha value is -1.85. The van der Waals surface area contributed by atoms with Crippen molar-refractivity contribution < 1.29 is 9.84 Å². The van der Waals surface area contributed by atoms with Gasteiger partial charge in [0.05, 0.1) is 0 Å². The fraction of sp³-hybridized carbons (Fsp3) is 0.500. The lowest BCUT2D eigenvalue weighted by atomic mass is 9.93. The van der Waals surface area contributed by atoms with Crippen LogP contribution in [0.4, 0.5) is 0 Å². The molecule has 0 amide bonds. The van der Waals surface area contributed by atoms with E-state index in [1.165, 1.54) is 11.1 Å². The summed E-state index contributed by atoms with van der Waals surface area (Å²) >= 11 is 0. The summed E-state index contributed by atoms with van der Waals surface area (Å²) in [5.74, 6) is 0.826. The van der Waals surface area contributed by atoms with Gasteiger partial charge in [-0.2, -0.15) is 5.10 Å². The van der Waals surface area contributed by atoms with Crippen LogP contribution in [0.3, 0.4) is 0 Å². The minimum Gasteiger partial charge on any atom is -0.491 e. The number of hydrogen-bond donors (Lipinski definition) is 2. The summed E-state index contributed by atoms with van der Waals surface area (Å²) in [5, 5.41) is 17.8. The maximum absolute atomic E-state index is 10.9. The fourth-order valence-corrected chi connectivity index (χ4v) is 3.09. The number of likely N-dealkylation sites (tertiary alicyclic amines) is 1. The monoisotopic (exact) mass is 315 g/mol. The second kappa shape index (κ2) is 6.72. The second-order valence-electron chi connectivity index (χ2n) is 6.66. The van der Waals surface area contributed by atoms with Crippen LogP contribution in [0.1, 0.15) is 29.7 Å². The van der Waals surface area contributed by atoms with E-state index in [4.69, 9.17) is 4.74 Å². The first kappa shape index (κ1) is 16.0. The van der Waals surface area contributed by atoms with Gasteiger partial charge >= 0.3 is 0 Å². The molecule has 3 rings (SSSR count). The summed E-state index contributed by atoms with van der Waals surface area (Å²) in [4.78, 5) is 2.25. The van der Waals surface area contributed by atoms with E-state index in [1.54, 1.807) is 6.20 Å². The van der Waals surface area contributed by atoms with Crippen LogP contribution in [0.5, 0.6) is 5.75 Å². The quantitative estimate of drug-likeness (QED) is 0.889. The number of rotatable bonds is 5. The summed E-state index contributed by atoms with van der Waals surface area (Å²) in [6, 6.07) is 8.03. The second-order valence-corrected chi connectivity index (χ2v) is 6.66. The molecular weight excluding hydrogens is 290 g/mol. The van der Waals surface area contributed by atoms with Crippen molar-refractivity contribution in [3.8, 4) is 5.75 Å². The first-order valence-electron chi connectivity index (χ1n) is 8.17. The van der Waals surface area contributed by atoms with Gasteiger partial charge in [-0.05, 0) is 62.6 Å². The average molecular weight is 315 g/mol. The number of β-amino-alcohol motifs (C(OH)–C–C–N with tert-alkyl or cyclic N) is 1. The van der Waals surface area contributed by atoms with Gasteiger partial charge in [0.15, 0.2) is 0 Å². The third kappa shape index (κ3) is 4.12. The van der Waals surface area contributed by atoms with Crippen molar-refractivity contribution in [2.75, 3.05) is 19.7 Å². The molecule has 23 heavy (non-hydrogen) atoms. The smallest absolute Gasteiger partial charge is 0.119 e. The molecule has 124 valence electrons. The zero-order valence-corrected chi connectivity index (χ0v) is 13.9. The first-order valence-corrected chi connectivity index (χ1v) is 8.17. The summed E-state index contributed by atoms with van der Waals surface area (Å²) in [6.07, 6.45) is 3.51. The summed E-state index contributed by atoms with van der Waals surface area (Å²) in [5.41, 5.74) is 2.74. The first-order chi connectivity index (χ1) is 11.0. The molecule has 2 heterocycles. The Morgan fingerprint density at radius 1 is 1.30 bits per heavy atom. The zero-order valence-electron chi connectivity index (χ0n) is 13.9. The molecule has 1 aliphatic heterocycles. The minimum atomic E-state index is -0.795. The fourth-order valence-electron chi connectivity index (χ4n) is 3.09. The van der Waals surface area contributed by atoms with Crippen molar-refractivity contribution in [1.82, 2.24) is 15.1 Å². The molecule has 1 saturated heterocycles. The topological polar surface area (TPSA) is 61.4 Å². The van der Waals surface area contributed by atoms with E-state index in [1.807, 2.05) is 18.2 Å². The van der Waals surface area contributed by atoms with Gasteiger partial charge in [0, 0.05) is 25.0 Å². The van der Waals surface area contributed by atoms with Crippen molar-refractivity contribution in [3.05, 3.63) is 47.3 Å². The molecular formula is C18H25N3O2. The molecule has 0 spiro atoms. The number of H-pyrrole nitrogens is 1. The molecule has 0 saturated carbocycles. The maximum Gasteiger partial charge on any atom is 0.119 e. The van der Waals surface area contributed by atoms with E-state index in [0.717, 1.165) is 37.4 Å². The van der Waals surface area contributed by atoms with Gasteiger partial charge in [-0.25, -0.2) is 0 Å². The van der Waals surface area contributed by atoms with Crippen molar-refractivity contribution in [1.29, 1.82) is 0 Å². The third-order valence-corrected chi connectivity index (χ3v) is 4.57. The number of aromatic amines is 1.